The van der Waals surface area contributed by atoms with Crippen LogP contribution in [0.1, 0.15) is 86.0 Å². The summed E-state index contributed by atoms with van der Waals surface area (Å²) in [5.41, 5.74) is 1.26. The number of aryl methyl sites for hydroxylation is 1. The third kappa shape index (κ3) is 7.10. The minimum Gasteiger partial charge on any atom is -0.507 e. The van der Waals surface area contributed by atoms with E-state index in [0.717, 1.165) is 5.56 Å². The average Bonchev–Trinajstić information content (AvgIpc) is 3.67. The number of aromatic hydroxyl groups is 1. The molecule has 0 radical (unpaired) electrons. The van der Waals surface area contributed by atoms with Gasteiger partial charge in [0.15, 0.2) is 0 Å². The van der Waals surface area contributed by atoms with Crippen molar-refractivity contribution in [3.63, 3.8) is 0 Å². The van der Waals surface area contributed by atoms with E-state index in [4.69, 9.17) is 23.9 Å². The molecule has 0 fully saturated rings. The molecule has 6 rings (SSSR count). The molecule has 3 aromatic rings. The third-order valence-electron chi connectivity index (χ3n) is 11.4. The molecule has 2 aromatic heterocycles. The summed E-state index contributed by atoms with van der Waals surface area (Å²) in [4.78, 5) is 64.2. The second-order valence-electron chi connectivity index (χ2n) is 15.5. The third-order valence-corrected chi connectivity index (χ3v) is 11.4. The average molecular weight is 784 g/mol. The monoisotopic (exact) mass is 783 g/mol. The van der Waals surface area contributed by atoms with Gasteiger partial charge >= 0.3 is 11.8 Å². The largest absolute Gasteiger partial charge is 0.507 e. The molecule has 5 bridgehead atoms. The number of amides is 1. The number of aromatic nitrogens is 2. The van der Waals surface area contributed by atoms with Crippen LogP contribution in [-0.4, -0.2) is 91.2 Å². The van der Waals surface area contributed by atoms with Crippen molar-refractivity contribution < 1.29 is 53.4 Å². The smallest absolute Gasteiger partial charge is 0.312 e. The van der Waals surface area contributed by atoms with Gasteiger partial charge in [-0.3, -0.25) is 23.6 Å². The normalized spacial score (nSPS) is 31.5. The van der Waals surface area contributed by atoms with E-state index in [9.17, 15) is 34.5 Å². The number of imidazole rings is 1. The summed E-state index contributed by atoms with van der Waals surface area (Å²) in [5.74, 6) is -7.67. The van der Waals surface area contributed by atoms with Crippen molar-refractivity contribution >= 4 is 34.8 Å². The number of rotatable bonds is 2. The van der Waals surface area contributed by atoms with Gasteiger partial charge in [0.05, 0.1) is 35.7 Å². The number of hydrogen-bond donors (Lipinski definition) is 3. The zero-order chi connectivity index (χ0) is 41.8. The van der Waals surface area contributed by atoms with Crippen molar-refractivity contribution in [1.29, 1.82) is 0 Å². The van der Waals surface area contributed by atoms with E-state index in [1.165, 1.54) is 53.2 Å². The van der Waals surface area contributed by atoms with Crippen LogP contribution in [0, 0.1) is 37.5 Å². The molecule has 57 heavy (non-hydrogen) atoms. The molecular weight excluding hydrogens is 734 g/mol. The first-order valence-electron chi connectivity index (χ1n) is 18.9. The van der Waals surface area contributed by atoms with Crippen molar-refractivity contribution in [2.45, 2.75) is 92.5 Å². The molecule has 0 unspecified atom stereocenters. The van der Waals surface area contributed by atoms with Crippen molar-refractivity contribution in [3.8, 4) is 22.8 Å². The molecular formula is C43H49N3O11. The second kappa shape index (κ2) is 15.5. The number of phenols is 1. The molecule has 0 spiro atoms. The first kappa shape index (κ1) is 41.2. The van der Waals surface area contributed by atoms with Gasteiger partial charge < -0.3 is 34.3 Å². The summed E-state index contributed by atoms with van der Waals surface area (Å²) >= 11 is 0. The van der Waals surface area contributed by atoms with Gasteiger partial charge in [-0.1, -0.05) is 45.9 Å². The summed E-state index contributed by atoms with van der Waals surface area (Å²) in [6, 6.07) is 3.57. The fourth-order valence-electron chi connectivity index (χ4n) is 7.96. The summed E-state index contributed by atoms with van der Waals surface area (Å²) in [6.07, 6.45) is 5.38. The zero-order valence-electron chi connectivity index (χ0n) is 33.7. The highest BCUT2D eigenvalue weighted by atomic mass is 16.7. The number of allylic oxidation sites excluding steroid dienone is 2. The standard InChI is InChI=1S/C43H49N3O11/c1-19-14-16-46-28(18-19)44-32-29-30-37(50)25(7)40-31(29)41(52)43(9,57-40)55-17-15-27(54-10)22(4)39(56-26(8)47)24(6)36(49)23(5)35(48)20(2)12-11-13-21(3)42(53)45-33(34(32)46)38(30)51/h11-18,20,22-24,27,35-36,39,48-50H,1-10H3/b12-11-,17-15-,21-13-,45-33?/t20-,22+,23+,24+,27-,35-,36+,39-,43-/m0/s1. The quantitative estimate of drug-likeness (QED) is 0.281. The summed E-state index contributed by atoms with van der Waals surface area (Å²) < 4.78 is 25.4. The van der Waals surface area contributed by atoms with Crippen molar-refractivity contribution in [1.82, 2.24) is 9.38 Å². The van der Waals surface area contributed by atoms with Gasteiger partial charge in [-0.05, 0) is 44.5 Å². The predicted octanol–water partition coefficient (Wildman–Crippen LogP) is 5.39. The molecule has 1 amide bonds. The second-order valence-corrected chi connectivity index (χ2v) is 15.5. The Kier molecular flexibility index (Phi) is 11.2. The highest BCUT2D eigenvalue weighted by molar-refractivity contribution is 6.56. The number of pyridine rings is 1. The van der Waals surface area contributed by atoms with Crippen LogP contribution in [0.4, 0.5) is 0 Å². The number of ether oxygens (including phenoxy) is 4. The van der Waals surface area contributed by atoms with Crippen LogP contribution in [0.15, 0.2) is 59.5 Å². The maximum Gasteiger partial charge on any atom is 0.312 e. The Labute approximate surface area is 330 Å². The molecule has 14 heteroatoms. The van der Waals surface area contributed by atoms with Crippen molar-refractivity contribution in [2.24, 2.45) is 28.7 Å². The number of carbonyl (C=O) groups excluding carboxylic acids is 4. The van der Waals surface area contributed by atoms with Gasteiger partial charge in [0.2, 0.25) is 5.78 Å². The number of carbonyl (C=O) groups is 4. The fraction of sp³-hybridized carbons (Fsp3) is 0.442. The zero-order valence-corrected chi connectivity index (χ0v) is 33.7. The molecule has 9 atom stereocenters. The van der Waals surface area contributed by atoms with Crippen LogP contribution >= 0.6 is 0 Å². The fourth-order valence-corrected chi connectivity index (χ4v) is 7.96. The van der Waals surface area contributed by atoms with Crippen LogP contribution in [0.5, 0.6) is 11.5 Å². The lowest BCUT2D eigenvalue weighted by molar-refractivity contribution is -0.160. The van der Waals surface area contributed by atoms with Crippen LogP contribution in [-0.2, 0) is 23.8 Å². The van der Waals surface area contributed by atoms with Gasteiger partial charge in [-0.2, -0.15) is 0 Å². The number of Topliss-reactive ketones (excluding diaryl/α,β-unsaturated/α-hetero) is 2. The van der Waals surface area contributed by atoms with Crippen molar-refractivity contribution in [3.05, 3.63) is 82.4 Å². The molecule has 4 heterocycles. The summed E-state index contributed by atoms with van der Waals surface area (Å²) in [5, 5.41) is 34.5. The molecule has 1 aromatic carbocycles. The maximum atomic E-state index is 14.5. The first-order valence-corrected chi connectivity index (χ1v) is 18.9. The van der Waals surface area contributed by atoms with Crippen molar-refractivity contribution in [2.75, 3.05) is 7.11 Å². The number of aliphatic hydroxyl groups is 2. The van der Waals surface area contributed by atoms with Gasteiger partial charge in [0.1, 0.15) is 40.3 Å². The SMILES string of the molecule is CO[C@H]1/C=C\O[C@@]2(C)Oc3c(C)c(O)c4c(c3C2=O)-c2nc3cc(C)ccn3c2C(=NC(=O)/C(C)=C\C=C/[C@H](C)[C@H](O)[C@@H](C)[C@@H](O)[C@@H](C)[C@@H](OC(C)=O)[C@@H]1C)C4=O. The van der Waals surface area contributed by atoms with E-state index in [1.807, 2.05) is 6.92 Å². The molecule has 302 valence electrons. The Bertz CT molecular complexity index is 2300. The van der Waals surface area contributed by atoms with Gasteiger partial charge in [0, 0.05) is 67.5 Å². The number of ketones is 2. The van der Waals surface area contributed by atoms with Crippen LogP contribution < -0.4 is 4.74 Å². The van der Waals surface area contributed by atoms with Gasteiger partial charge in [-0.25, -0.2) is 9.98 Å². The van der Waals surface area contributed by atoms with Crippen LogP contribution in [0.3, 0.4) is 0 Å². The van der Waals surface area contributed by atoms with Gasteiger partial charge in [0.25, 0.3) is 11.7 Å². The minimum absolute atomic E-state index is 0.00776. The molecule has 3 aliphatic rings. The molecule has 2 aliphatic heterocycles. The highest BCUT2D eigenvalue weighted by Gasteiger charge is 2.52. The number of phenolic OH excluding ortho intramolecular Hbond substituents is 1. The van der Waals surface area contributed by atoms with Crippen LogP contribution in [0.2, 0.25) is 0 Å². The summed E-state index contributed by atoms with van der Waals surface area (Å²) in [7, 11) is 1.45. The number of aliphatic hydroxyl groups excluding tert-OH is 2. The molecule has 0 saturated carbocycles. The van der Waals surface area contributed by atoms with E-state index in [-0.39, 0.29) is 50.7 Å². The Morgan fingerprint density at radius 1 is 0.965 bits per heavy atom. The Morgan fingerprint density at radius 3 is 2.33 bits per heavy atom. The number of hydrogen-bond acceptors (Lipinski definition) is 12. The van der Waals surface area contributed by atoms with E-state index in [0.29, 0.717) is 5.65 Å². The number of benzene rings is 1. The minimum atomic E-state index is -1.99. The highest BCUT2D eigenvalue weighted by Crippen LogP contribution is 2.52. The molecule has 1 aliphatic carbocycles. The predicted molar refractivity (Wildman–Crippen MR) is 209 cm³/mol. The van der Waals surface area contributed by atoms with Crippen LogP contribution in [0.25, 0.3) is 16.9 Å². The van der Waals surface area contributed by atoms with Gasteiger partial charge in [-0.15, -0.1) is 0 Å². The Morgan fingerprint density at radius 2 is 1.67 bits per heavy atom. The van der Waals surface area contributed by atoms with E-state index < -0.39 is 83.1 Å². The number of aliphatic imine (C=N–C) groups is 1. The number of nitrogens with zero attached hydrogens (tertiary/aromatic N) is 3. The molecule has 3 N–H and O–H groups in total. The Balaban J connectivity index is 1.56. The number of fused-ring (bicyclic) bond motifs is 6. The Hall–Kier alpha value is -5.44. The maximum absolute atomic E-state index is 14.5. The topological polar surface area (TPSA) is 196 Å². The number of methoxy groups -OCH3 is 1. The summed E-state index contributed by atoms with van der Waals surface area (Å²) in [6.45, 7) is 14.5. The van der Waals surface area contributed by atoms with E-state index in [1.54, 1.807) is 62.6 Å². The lowest BCUT2D eigenvalue weighted by Gasteiger charge is -2.38. The lowest BCUT2D eigenvalue weighted by atomic mass is 9.78. The van der Waals surface area contributed by atoms with E-state index >= 15 is 0 Å². The molecule has 14 nitrogen and oxygen atoms in total. The number of esters is 1. The molecule has 0 saturated heterocycles. The van der Waals surface area contributed by atoms with E-state index in [2.05, 4.69) is 4.99 Å². The first-order chi connectivity index (χ1) is 26.8. The lowest BCUT2D eigenvalue weighted by Crippen LogP contribution is -2.46.